The number of halogens is 2. The summed E-state index contributed by atoms with van der Waals surface area (Å²) < 4.78 is 15.2. The molecule has 6 rings (SSSR count). The first-order valence-corrected chi connectivity index (χ1v) is 13.4. The van der Waals surface area contributed by atoms with Crippen molar-refractivity contribution in [2.24, 2.45) is 5.10 Å². The molecule has 6 nitrogen and oxygen atoms in total. The summed E-state index contributed by atoms with van der Waals surface area (Å²) in [7, 11) is 0. The highest BCUT2D eigenvalue weighted by atomic mass is 79.9. The van der Waals surface area contributed by atoms with Crippen LogP contribution in [-0.2, 0) is 6.61 Å². The lowest BCUT2D eigenvalue weighted by molar-refractivity contribution is 0.305. The Bertz CT molecular complexity index is 1840. The molecule has 0 radical (unpaired) electrons. The van der Waals surface area contributed by atoms with Gasteiger partial charge in [0.15, 0.2) is 5.76 Å². The molecule has 0 aliphatic carbocycles. The average Bonchev–Trinajstić information content (AvgIpc) is 3.37. The molecule has 0 fully saturated rings. The van der Waals surface area contributed by atoms with Crippen molar-refractivity contribution in [3.63, 3.8) is 0 Å². The van der Waals surface area contributed by atoms with Crippen molar-refractivity contribution in [1.82, 2.24) is 9.66 Å². The van der Waals surface area contributed by atoms with Gasteiger partial charge in [0.2, 0.25) is 5.82 Å². The highest BCUT2D eigenvalue weighted by Crippen LogP contribution is 2.27. The number of ether oxygens (including phenoxy) is 1. The van der Waals surface area contributed by atoms with Crippen LogP contribution in [0.25, 0.3) is 33.5 Å². The van der Waals surface area contributed by atoms with Crippen molar-refractivity contribution in [2.45, 2.75) is 6.61 Å². The molecule has 6 aromatic rings. The van der Waals surface area contributed by atoms with Crippen LogP contribution in [0.3, 0.4) is 0 Å². The van der Waals surface area contributed by atoms with E-state index in [9.17, 15) is 4.79 Å². The average molecular weight is 629 g/mol. The van der Waals surface area contributed by atoms with Crippen LogP contribution in [0, 0.1) is 0 Å². The third-order valence-electron chi connectivity index (χ3n) is 6.01. The van der Waals surface area contributed by atoms with Crippen molar-refractivity contribution in [3.05, 3.63) is 127 Å². The predicted octanol–water partition coefficient (Wildman–Crippen LogP) is 7.80. The molecule has 0 unspecified atom stereocenters. The molecular weight excluding hydrogens is 610 g/mol. The van der Waals surface area contributed by atoms with Crippen LogP contribution in [-0.4, -0.2) is 15.9 Å². The van der Waals surface area contributed by atoms with Gasteiger partial charge in [-0.3, -0.25) is 4.79 Å². The van der Waals surface area contributed by atoms with Gasteiger partial charge in [-0.2, -0.15) is 9.78 Å². The second kappa shape index (κ2) is 10.4. The Morgan fingerprint density at radius 3 is 2.53 bits per heavy atom. The first-order chi connectivity index (χ1) is 18.5. The third-order valence-corrected chi connectivity index (χ3v) is 7.24. The normalized spacial score (nSPS) is 11.5. The van der Waals surface area contributed by atoms with Gasteiger partial charge in [-0.05, 0) is 66.2 Å². The highest BCUT2D eigenvalue weighted by Gasteiger charge is 2.16. The quantitative estimate of drug-likeness (QED) is 0.177. The molecule has 4 aromatic carbocycles. The van der Waals surface area contributed by atoms with Gasteiger partial charge in [-0.25, -0.2) is 4.98 Å². The van der Waals surface area contributed by atoms with Crippen LogP contribution in [0.5, 0.6) is 5.75 Å². The van der Waals surface area contributed by atoms with Crippen molar-refractivity contribution >= 4 is 59.9 Å². The van der Waals surface area contributed by atoms with Gasteiger partial charge in [0.1, 0.15) is 17.9 Å². The Kier molecular flexibility index (Phi) is 6.66. The maximum atomic E-state index is 13.4. The predicted molar refractivity (Wildman–Crippen MR) is 157 cm³/mol. The van der Waals surface area contributed by atoms with E-state index in [4.69, 9.17) is 14.1 Å². The summed E-state index contributed by atoms with van der Waals surface area (Å²) in [4.78, 5) is 18.1. The van der Waals surface area contributed by atoms with Crippen LogP contribution in [0.4, 0.5) is 0 Å². The van der Waals surface area contributed by atoms with Crippen molar-refractivity contribution in [3.8, 4) is 17.3 Å². The smallest absolute Gasteiger partial charge is 0.282 e. The van der Waals surface area contributed by atoms with Crippen LogP contribution in [0.2, 0.25) is 0 Å². The first-order valence-electron chi connectivity index (χ1n) is 11.8. The Morgan fingerprint density at radius 2 is 1.71 bits per heavy atom. The summed E-state index contributed by atoms with van der Waals surface area (Å²) >= 11 is 7.02. The number of nitrogens with zero attached hydrogens (tertiary/aromatic N) is 3. The van der Waals surface area contributed by atoms with Gasteiger partial charge in [0.25, 0.3) is 5.56 Å². The number of fused-ring (bicyclic) bond motifs is 2. The van der Waals surface area contributed by atoms with Crippen LogP contribution < -0.4 is 10.3 Å². The zero-order valence-electron chi connectivity index (χ0n) is 19.8. The summed E-state index contributed by atoms with van der Waals surface area (Å²) in [5, 5.41) is 5.92. The standard InChI is InChI=1S/C30H19Br2N3O3/c31-22-12-11-21(25(32)16-22)18-37-23-13-9-19(10-14-23)17-33-35-29(28-15-20-5-1-4-8-27(20)38-28)34-26-7-3-2-6-24(26)30(35)36/h1-17H,18H2. The monoisotopic (exact) mass is 627 g/mol. The van der Waals surface area contributed by atoms with E-state index >= 15 is 0 Å². The lowest BCUT2D eigenvalue weighted by atomic mass is 10.2. The SMILES string of the molecule is O=c1c2ccccc2nc(-c2cc3ccccc3o2)n1N=Cc1ccc(OCc2ccc(Br)cc2Br)cc1. The number of aromatic nitrogens is 2. The topological polar surface area (TPSA) is 69.6 Å². The van der Waals surface area contributed by atoms with E-state index in [-0.39, 0.29) is 5.56 Å². The third kappa shape index (κ3) is 4.92. The fourth-order valence-corrected chi connectivity index (χ4v) is 5.22. The molecule has 2 heterocycles. The van der Waals surface area contributed by atoms with E-state index in [1.807, 2.05) is 91.0 Å². The number of benzene rings is 4. The zero-order valence-corrected chi connectivity index (χ0v) is 23.0. The second-order valence-electron chi connectivity index (χ2n) is 8.56. The fourth-order valence-electron chi connectivity index (χ4n) is 4.06. The molecular formula is C30H19Br2N3O3. The largest absolute Gasteiger partial charge is 0.489 e. The maximum Gasteiger partial charge on any atom is 0.282 e. The minimum absolute atomic E-state index is 0.276. The molecule has 0 bridgehead atoms. The molecule has 0 N–H and O–H groups in total. The molecule has 0 spiro atoms. The van der Waals surface area contributed by atoms with E-state index in [1.54, 1.807) is 12.3 Å². The molecule has 186 valence electrons. The molecule has 0 aliphatic rings. The van der Waals surface area contributed by atoms with Gasteiger partial charge in [0.05, 0.1) is 17.1 Å². The number of para-hydroxylation sites is 2. The van der Waals surface area contributed by atoms with Crippen molar-refractivity contribution in [2.75, 3.05) is 0 Å². The minimum Gasteiger partial charge on any atom is -0.489 e. The lowest BCUT2D eigenvalue weighted by Gasteiger charge is -2.09. The molecule has 0 atom stereocenters. The summed E-state index contributed by atoms with van der Waals surface area (Å²) in [6.45, 7) is 0.431. The van der Waals surface area contributed by atoms with Gasteiger partial charge in [-0.1, -0.05) is 68.3 Å². The van der Waals surface area contributed by atoms with Crippen molar-refractivity contribution < 1.29 is 9.15 Å². The molecule has 8 heteroatoms. The Balaban J connectivity index is 1.31. The van der Waals surface area contributed by atoms with Gasteiger partial charge < -0.3 is 9.15 Å². The molecule has 0 saturated carbocycles. The second-order valence-corrected chi connectivity index (χ2v) is 10.3. The summed E-state index contributed by atoms with van der Waals surface area (Å²) in [5.41, 5.74) is 2.87. The van der Waals surface area contributed by atoms with Crippen molar-refractivity contribution in [1.29, 1.82) is 0 Å². The summed E-state index contributed by atoms with van der Waals surface area (Å²) in [6.07, 6.45) is 1.62. The van der Waals surface area contributed by atoms with Gasteiger partial charge >= 0.3 is 0 Å². The summed E-state index contributed by atoms with van der Waals surface area (Å²) in [6, 6.07) is 30.2. The van der Waals surface area contributed by atoms with Gasteiger partial charge in [-0.15, -0.1) is 0 Å². The fraction of sp³-hybridized carbons (Fsp3) is 0.0333. The number of hydrogen-bond acceptors (Lipinski definition) is 5. The molecule has 0 amide bonds. The number of furan rings is 1. The Hall–Kier alpha value is -4.01. The molecule has 0 aliphatic heterocycles. The Labute approximate surface area is 234 Å². The zero-order chi connectivity index (χ0) is 26.1. The molecule has 2 aromatic heterocycles. The summed E-state index contributed by atoms with van der Waals surface area (Å²) in [5.74, 6) is 1.53. The van der Waals surface area contributed by atoms with E-state index in [1.165, 1.54) is 4.68 Å². The first kappa shape index (κ1) is 24.3. The van der Waals surface area contributed by atoms with E-state index in [0.717, 1.165) is 31.2 Å². The number of rotatable bonds is 6. The lowest BCUT2D eigenvalue weighted by Crippen LogP contribution is -2.20. The van der Waals surface area contributed by atoms with Crippen LogP contribution in [0.15, 0.2) is 120 Å². The van der Waals surface area contributed by atoms with E-state index in [2.05, 4.69) is 37.0 Å². The minimum atomic E-state index is -0.276. The van der Waals surface area contributed by atoms with Crippen LogP contribution >= 0.6 is 31.9 Å². The maximum absolute atomic E-state index is 13.4. The van der Waals surface area contributed by atoms with E-state index < -0.39 is 0 Å². The number of hydrogen-bond donors (Lipinski definition) is 0. The van der Waals surface area contributed by atoms with Crippen LogP contribution in [0.1, 0.15) is 11.1 Å². The van der Waals surface area contributed by atoms with E-state index in [0.29, 0.717) is 34.7 Å². The molecule has 38 heavy (non-hydrogen) atoms. The Morgan fingerprint density at radius 1 is 0.921 bits per heavy atom. The molecule has 0 saturated heterocycles. The van der Waals surface area contributed by atoms with Gasteiger partial charge in [0, 0.05) is 19.9 Å². The highest BCUT2D eigenvalue weighted by molar-refractivity contribution is 9.11.